The molecule has 0 aliphatic heterocycles. The molecule has 0 spiro atoms. The monoisotopic (exact) mass is 256 g/mol. The number of hydrogen-bond donors (Lipinski definition) is 1. The number of rotatable bonds is 2. The average Bonchev–Trinajstić information content (AvgIpc) is 2.10. The topological polar surface area (TPSA) is 54.4 Å². The van der Waals surface area contributed by atoms with Crippen molar-refractivity contribution < 1.29 is 14.7 Å². The number of carboxylic acids is 1. The standard InChI is InChI=1S/C10H9BrO3/c1-5-4-8(11)6(2)3-7(5)9(12)10(13)14/h3-4H,1-2H3,(H,13,14). The highest BCUT2D eigenvalue weighted by atomic mass is 79.9. The van der Waals surface area contributed by atoms with Crippen molar-refractivity contribution in [2.24, 2.45) is 0 Å². The Morgan fingerprint density at radius 3 is 2.29 bits per heavy atom. The van der Waals surface area contributed by atoms with Crippen LogP contribution in [0.3, 0.4) is 0 Å². The van der Waals surface area contributed by atoms with Gasteiger partial charge in [-0.1, -0.05) is 15.9 Å². The molecular weight excluding hydrogens is 248 g/mol. The van der Waals surface area contributed by atoms with E-state index in [-0.39, 0.29) is 5.56 Å². The molecule has 0 aromatic heterocycles. The van der Waals surface area contributed by atoms with Crippen molar-refractivity contribution in [1.82, 2.24) is 0 Å². The van der Waals surface area contributed by atoms with Gasteiger partial charge in [-0.25, -0.2) is 4.79 Å². The van der Waals surface area contributed by atoms with Gasteiger partial charge in [0, 0.05) is 10.0 Å². The summed E-state index contributed by atoms with van der Waals surface area (Å²) in [6.07, 6.45) is 0. The van der Waals surface area contributed by atoms with Crippen molar-refractivity contribution in [3.63, 3.8) is 0 Å². The van der Waals surface area contributed by atoms with Gasteiger partial charge in [0.25, 0.3) is 5.78 Å². The summed E-state index contributed by atoms with van der Waals surface area (Å²) in [6, 6.07) is 3.32. The van der Waals surface area contributed by atoms with E-state index < -0.39 is 11.8 Å². The third-order valence-corrected chi connectivity index (χ3v) is 2.80. The van der Waals surface area contributed by atoms with Crippen molar-refractivity contribution >= 4 is 27.7 Å². The van der Waals surface area contributed by atoms with E-state index in [9.17, 15) is 9.59 Å². The van der Waals surface area contributed by atoms with Gasteiger partial charge in [-0.2, -0.15) is 0 Å². The van der Waals surface area contributed by atoms with E-state index in [0.29, 0.717) is 5.56 Å². The quantitative estimate of drug-likeness (QED) is 0.653. The number of Topliss-reactive ketones (excluding diaryl/α,β-unsaturated/α-hetero) is 1. The van der Waals surface area contributed by atoms with Crippen LogP contribution in [0.25, 0.3) is 0 Å². The highest BCUT2D eigenvalue weighted by Crippen LogP contribution is 2.21. The minimum absolute atomic E-state index is 0.248. The first-order valence-electron chi connectivity index (χ1n) is 3.98. The van der Waals surface area contributed by atoms with Crippen LogP contribution in [0.4, 0.5) is 0 Å². The molecule has 0 bridgehead atoms. The minimum atomic E-state index is -1.42. The van der Waals surface area contributed by atoms with Crippen LogP contribution in [0.5, 0.6) is 0 Å². The van der Waals surface area contributed by atoms with Crippen molar-refractivity contribution in [2.45, 2.75) is 13.8 Å². The summed E-state index contributed by atoms with van der Waals surface area (Å²) < 4.78 is 0.872. The predicted molar refractivity (Wildman–Crippen MR) is 55.6 cm³/mol. The zero-order valence-electron chi connectivity index (χ0n) is 7.80. The molecular formula is C10H9BrO3. The predicted octanol–water partition coefficient (Wildman–Crippen LogP) is 2.33. The molecule has 3 nitrogen and oxygen atoms in total. The molecule has 1 N–H and O–H groups in total. The normalized spacial score (nSPS) is 9.93. The molecule has 74 valence electrons. The number of ketones is 1. The van der Waals surface area contributed by atoms with Crippen LogP contribution in [0.15, 0.2) is 16.6 Å². The molecule has 0 atom stereocenters. The maximum absolute atomic E-state index is 11.2. The molecule has 0 unspecified atom stereocenters. The lowest BCUT2D eigenvalue weighted by atomic mass is 10.0. The van der Waals surface area contributed by atoms with E-state index in [1.165, 1.54) is 0 Å². The van der Waals surface area contributed by atoms with E-state index in [1.807, 2.05) is 6.92 Å². The van der Waals surface area contributed by atoms with E-state index in [2.05, 4.69) is 15.9 Å². The Morgan fingerprint density at radius 2 is 1.79 bits per heavy atom. The molecule has 1 aromatic rings. The number of halogens is 1. The number of benzene rings is 1. The van der Waals surface area contributed by atoms with Crippen LogP contribution in [-0.2, 0) is 4.79 Å². The van der Waals surface area contributed by atoms with Crippen LogP contribution in [0.1, 0.15) is 21.5 Å². The summed E-state index contributed by atoms with van der Waals surface area (Å²) in [5.74, 6) is -2.28. The highest BCUT2D eigenvalue weighted by molar-refractivity contribution is 9.10. The van der Waals surface area contributed by atoms with Crippen LogP contribution in [0, 0.1) is 13.8 Å². The maximum Gasteiger partial charge on any atom is 0.377 e. The fourth-order valence-corrected chi connectivity index (χ4v) is 1.60. The third-order valence-electron chi connectivity index (χ3n) is 1.94. The molecule has 0 saturated carbocycles. The van der Waals surface area contributed by atoms with Crippen molar-refractivity contribution in [2.75, 3.05) is 0 Å². The maximum atomic E-state index is 11.2. The Bertz CT molecular complexity index is 410. The molecule has 4 heteroatoms. The van der Waals surface area contributed by atoms with Crippen LogP contribution < -0.4 is 0 Å². The molecule has 0 heterocycles. The number of carbonyl (C=O) groups excluding carboxylic acids is 1. The van der Waals surface area contributed by atoms with Gasteiger partial charge in [-0.15, -0.1) is 0 Å². The fourth-order valence-electron chi connectivity index (χ4n) is 1.14. The molecule has 0 aliphatic carbocycles. The highest BCUT2D eigenvalue weighted by Gasteiger charge is 2.17. The van der Waals surface area contributed by atoms with Gasteiger partial charge in [0.05, 0.1) is 0 Å². The summed E-state index contributed by atoms with van der Waals surface area (Å²) >= 11 is 3.31. The Balaban J connectivity index is 3.29. The Hall–Kier alpha value is -1.16. The van der Waals surface area contributed by atoms with Gasteiger partial charge < -0.3 is 5.11 Å². The van der Waals surface area contributed by atoms with E-state index in [4.69, 9.17) is 5.11 Å². The second kappa shape index (κ2) is 3.92. The van der Waals surface area contributed by atoms with Crippen molar-refractivity contribution in [3.8, 4) is 0 Å². The second-order valence-corrected chi connectivity index (χ2v) is 3.90. The number of carboxylic acid groups (broad SMARTS) is 1. The SMILES string of the molecule is Cc1cc(C(=O)C(=O)O)c(C)cc1Br. The third kappa shape index (κ3) is 2.01. The zero-order chi connectivity index (χ0) is 10.9. The first-order chi connectivity index (χ1) is 6.43. The molecule has 0 aliphatic rings. The molecule has 1 aromatic carbocycles. The average molecular weight is 257 g/mol. The van der Waals surface area contributed by atoms with Gasteiger partial charge in [-0.05, 0) is 37.1 Å². The smallest absolute Gasteiger partial charge is 0.377 e. The molecule has 0 fully saturated rings. The zero-order valence-corrected chi connectivity index (χ0v) is 9.38. The second-order valence-electron chi connectivity index (χ2n) is 3.05. The summed E-state index contributed by atoms with van der Waals surface area (Å²) in [4.78, 5) is 21.7. The molecule has 0 saturated heterocycles. The number of aliphatic carboxylic acids is 1. The Kier molecular flexibility index (Phi) is 3.06. The molecule has 1 rings (SSSR count). The van der Waals surface area contributed by atoms with Gasteiger partial charge in [0.1, 0.15) is 0 Å². The van der Waals surface area contributed by atoms with E-state index in [0.717, 1.165) is 10.0 Å². The molecule has 0 amide bonds. The first kappa shape index (κ1) is 10.9. The molecule has 14 heavy (non-hydrogen) atoms. The van der Waals surface area contributed by atoms with Gasteiger partial charge in [-0.3, -0.25) is 4.79 Å². The van der Waals surface area contributed by atoms with Gasteiger partial charge >= 0.3 is 5.97 Å². The van der Waals surface area contributed by atoms with E-state index >= 15 is 0 Å². The van der Waals surface area contributed by atoms with Crippen LogP contribution in [-0.4, -0.2) is 16.9 Å². The number of hydrogen-bond acceptors (Lipinski definition) is 2. The van der Waals surface area contributed by atoms with Crippen molar-refractivity contribution in [3.05, 3.63) is 33.3 Å². The van der Waals surface area contributed by atoms with Crippen LogP contribution >= 0.6 is 15.9 Å². The Labute approximate surface area is 89.9 Å². The largest absolute Gasteiger partial charge is 0.475 e. The lowest BCUT2D eigenvalue weighted by Gasteiger charge is -2.05. The van der Waals surface area contributed by atoms with Gasteiger partial charge in [0.15, 0.2) is 0 Å². The lowest BCUT2D eigenvalue weighted by molar-refractivity contribution is -0.131. The fraction of sp³-hybridized carbons (Fsp3) is 0.200. The lowest BCUT2D eigenvalue weighted by Crippen LogP contribution is -2.14. The van der Waals surface area contributed by atoms with Crippen LogP contribution in [0.2, 0.25) is 0 Å². The first-order valence-corrected chi connectivity index (χ1v) is 4.77. The summed E-state index contributed by atoms with van der Waals surface area (Å²) in [6.45, 7) is 3.52. The number of aryl methyl sites for hydroxylation is 2. The molecule has 0 radical (unpaired) electrons. The summed E-state index contributed by atoms with van der Waals surface area (Å²) in [5.41, 5.74) is 1.76. The Morgan fingerprint density at radius 1 is 1.21 bits per heavy atom. The van der Waals surface area contributed by atoms with E-state index in [1.54, 1.807) is 19.1 Å². The minimum Gasteiger partial charge on any atom is -0.475 e. The summed E-state index contributed by atoms with van der Waals surface area (Å²) in [7, 11) is 0. The number of carbonyl (C=O) groups is 2. The van der Waals surface area contributed by atoms with Gasteiger partial charge in [0.2, 0.25) is 0 Å². The summed E-state index contributed by atoms with van der Waals surface area (Å²) in [5, 5.41) is 8.56. The van der Waals surface area contributed by atoms with Crippen molar-refractivity contribution in [1.29, 1.82) is 0 Å².